The Hall–Kier alpha value is -4.08. The average Bonchev–Trinajstić information content (AvgIpc) is 2.87. The fourth-order valence-corrected chi connectivity index (χ4v) is 4.08. The van der Waals surface area contributed by atoms with Crippen LogP contribution < -0.4 is 9.80 Å². The molecule has 160 valence electrons. The molecule has 0 bridgehead atoms. The van der Waals surface area contributed by atoms with Gasteiger partial charge < -0.3 is 4.90 Å². The molecule has 0 aliphatic heterocycles. The van der Waals surface area contributed by atoms with E-state index in [0.29, 0.717) is 5.15 Å². The Bertz CT molecular complexity index is 1130. The van der Waals surface area contributed by atoms with E-state index in [-0.39, 0.29) is 0 Å². The van der Waals surface area contributed by atoms with Gasteiger partial charge in [0.25, 0.3) is 0 Å². The first kappa shape index (κ1) is 20.8. The zero-order valence-electron chi connectivity index (χ0n) is 17.9. The molecule has 3 nitrogen and oxygen atoms in total. The lowest BCUT2D eigenvalue weighted by atomic mass is 10.2. The highest BCUT2D eigenvalue weighted by molar-refractivity contribution is 6.29. The molecule has 1 aromatic heterocycles. The highest BCUT2D eigenvalue weighted by Crippen LogP contribution is 2.40. The molecule has 0 aliphatic carbocycles. The maximum Gasteiger partial charge on any atom is 0.141 e. The average molecular weight is 448 g/mol. The van der Waals surface area contributed by atoms with Gasteiger partial charge in [0.05, 0.1) is 5.69 Å². The summed E-state index contributed by atoms with van der Waals surface area (Å²) in [7, 11) is 0. The summed E-state index contributed by atoms with van der Waals surface area (Å²) in [4.78, 5) is 9.02. The van der Waals surface area contributed by atoms with Gasteiger partial charge in [-0.05, 0) is 54.6 Å². The van der Waals surface area contributed by atoms with E-state index in [1.54, 1.807) is 0 Å². The summed E-state index contributed by atoms with van der Waals surface area (Å²) in [5, 5.41) is 0.427. The van der Waals surface area contributed by atoms with E-state index >= 15 is 0 Å². The van der Waals surface area contributed by atoms with Crippen molar-refractivity contribution < 1.29 is 0 Å². The highest BCUT2D eigenvalue weighted by atomic mass is 35.5. The Kier molecular flexibility index (Phi) is 6.05. The van der Waals surface area contributed by atoms with Gasteiger partial charge in [-0.25, -0.2) is 4.98 Å². The molecule has 5 aromatic rings. The lowest BCUT2D eigenvalue weighted by Gasteiger charge is -2.28. The van der Waals surface area contributed by atoms with Gasteiger partial charge in [0.15, 0.2) is 0 Å². The molecule has 0 spiro atoms. The Morgan fingerprint density at radius 2 is 0.788 bits per heavy atom. The molecular formula is C29H22ClN3. The summed E-state index contributed by atoms with van der Waals surface area (Å²) in [6.07, 6.45) is 0. The molecule has 5 rings (SSSR count). The fraction of sp³-hybridized carbons (Fsp3) is 0. The number of para-hydroxylation sites is 4. The van der Waals surface area contributed by atoms with Crippen molar-refractivity contribution in [2.75, 3.05) is 9.80 Å². The molecule has 0 atom stereocenters. The molecule has 0 amide bonds. The molecule has 0 saturated heterocycles. The van der Waals surface area contributed by atoms with E-state index < -0.39 is 0 Å². The smallest absolute Gasteiger partial charge is 0.141 e. The largest absolute Gasteiger partial charge is 0.310 e. The van der Waals surface area contributed by atoms with Gasteiger partial charge in [0.1, 0.15) is 11.0 Å². The van der Waals surface area contributed by atoms with E-state index in [2.05, 4.69) is 64.4 Å². The van der Waals surface area contributed by atoms with Gasteiger partial charge in [-0.3, -0.25) is 4.90 Å². The molecule has 0 saturated carbocycles. The first-order valence-corrected chi connectivity index (χ1v) is 11.2. The van der Waals surface area contributed by atoms with Crippen molar-refractivity contribution in [3.05, 3.63) is 139 Å². The Balaban J connectivity index is 1.69. The van der Waals surface area contributed by atoms with E-state index in [1.165, 1.54) is 0 Å². The van der Waals surface area contributed by atoms with Crippen LogP contribution in [0.25, 0.3) is 0 Å². The highest BCUT2D eigenvalue weighted by Gasteiger charge is 2.19. The van der Waals surface area contributed by atoms with Crippen LogP contribution in [0.15, 0.2) is 133 Å². The van der Waals surface area contributed by atoms with Crippen LogP contribution in [-0.2, 0) is 0 Å². The van der Waals surface area contributed by atoms with E-state index in [4.69, 9.17) is 16.6 Å². The summed E-state index contributed by atoms with van der Waals surface area (Å²) in [5.41, 5.74) is 5.04. The topological polar surface area (TPSA) is 19.4 Å². The molecular weight excluding hydrogens is 426 g/mol. The number of halogens is 1. The van der Waals surface area contributed by atoms with Crippen molar-refractivity contribution in [3.63, 3.8) is 0 Å². The normalized spacial score (nSPS) is 10.6. The molecule has 0 aliphatic rings. The maximum atomic E-state index is 6.62. The third kappa shape index (κ3) is 4.59. The first-order chi connectivity index (χ1) is 16.3. The summed E-state index contributed by atoms with van der Waals surface area (Å²) in [6, 6.07) is 44.9. The molecule has 0 unspecified atom stereocenters. The summed E-state index contributed by atoms with van der Waals surface area (Å²) in [6.45, 7) is 0. The second-order valence-corrected chi connectivity index (χ2v) is 7.91. The Morgan fingerprint density at radius 3 is 1.18 bits per heavy atom. The third-order valence-corrected chi connectivity index (χ3v) is 5.50. The predicted molar refractivity (Wildman–Crippen MR) is 139 cm³/mol. The van der Waals surface area contributed by atoms with Crippen molar-refractivity contribution >= 4 is 45.9 Å². The number of nitrogens with zero attached hydrogens (tertiary/aromatic N) is 3. The molecule has 0 fully saturated rings. The van der Waals surface area contributed by atoms with E-state index in [9.17, 15) is 0 Å². The van der Waals surface area contributed by atoms with Gasteiger partial charge in [-0.15, -0.1) is 0 Å². The van der Waals surface area contributed by atoms with Gasteiger partial charge in [-0.1, -0.05) is 84.4 Å². The minimum absolute atomic E-state index is 0.427. The Morgan fingerprint density at radius 1 is 0.424 bits per heavy atom. The predicted octanol–water partition coefficient (Wildman–Crippen LogP) is 8.67. The number of hydrogen-bond donors (Lipinski definition) is 0. The van der Waals surface area contributed by atoms with Crippen LogP contribution >= 0.6 is 11.6 Å². The number of aromatic nitrogens is 1. The summed E-state index contributed by atoms with van der Waals surface area (Å²) < 4.78 is 0. The van der Waals surface area contributed by atoms with Gasteiger partial charge in [0.2, 0.25) is 0 Å². The fourth-order valence-electron chi connectivity index (χ4n) is 3.88. The zero-order chi connectivity index (χ0) is 22.5. The van der Waals surface area contributed by atoms with Gasteiger partial charge in [-0.2, -0.15) is 0 Å². The molecule has 0 N–H and O–H groups in total. The lowest BCUT2D eigenvalue weighted by molar-refractivity contribution is 1.16. The van der Waals surface area contributed by atoms with Gasteiger partial charge in [0, 0.05) is 28.8 Å². The number of rotatable bonds is 6. The van der Waals surface area contributed by atoms with Crippen molar-refractivity contribution in [1.29, 1.82) is 0 Å². The monoisotopic (exact) mass is 447 g/mol. The maximum absolute atomic E-state index is 6.62. The minimum atomic E-state index is 0.427. The standard InChI is InChI=1S/C29H22ClN3/c30-28-21-27(32(23-13-5-1-6-14-23)24-15-7-2-8-16-24)22-29(31-28)33(25-17-9-3-10-18-25)26-19-11-4-12-20-26/h1-22H. The van der Waals surface area contributed by atoms with Crippen molar-refractivity contribution in [1.82, 2.24) is 4.98 Å². The second-order valence-electron chi connectivity index (χ2n) is 7.52. The minimum Gasteiger partial charge on any atom is -0.310 e. The number of hydrogen-bond acceptors (Lipinski definition) is 3. The van der Waals surface area contributed by atoms with Crippen LogP contribution in [0.3, 0.4) is 0 Å². The third-order valence-electron chi connectivity index (χ3n) is 5.31. The molecule has 4 heteroatoms. The van der Waals surface area contributed by atoms with Crippen LogP contribution in [0.4, 0.5) is 34.3 Å². The van der Waals surface area contributed by atoms with Crippen LogP contribution in [0.5, 0.6) is 0 Å². The quantitative estimate of drug-likeness (QED) is 0.243. The van der Waals surface area contributed by atoms with Crippen LogP contribution in [0.2, 0.25) is 5.15 Å². The van der Waals surface area contributed by atoms with Crippen LogP contribution in [0, 0.1) is 0 Å². The second kappa shape index (κ2) is 9.60. The molecule has 0 radical (unpaired) electrons. The zero-order valence-corrected chi connectivity index (χ0v) is 18.7. The number of pyridine rings is 1. The van der Waals surface area contributed by atoms with E-state index in [0.717, 1.165) is 34.3 Å². The molecule has 4 aromatic carbocycles. The van der Waals surface area contributed by atoms with Crippen LogP contribution in [-0.4, -0.2) is 4.98 Å². The van der Waals surface area contributed by atoms with E-state index in [1.807, 2.05) is 78.9 Å². The summed E-state index contributed by atoms with van der Waals surface area (Å²) in [5.74, 6) is 0.742. The SMILES string of the molecule is Clc1cc(N(c2ccccc2)c2ccccc2)cc(N(c2ccccc2)c2ccccc2)n1. The first-order valence-electron chi connectivity index (χ1n) is 10.8. The molecule has 33 heavy (non-hydrogen) atoms. The Labute approximate surface area is 199 Å². The van der Waals surface area contributed by atoms with Crippen LogP contribution in [0.1, 0.15) is 0 Å². The molecule has 1 heterocycles. The summed E-state index contributed by atoms with van der Waals surface area (Å²) >= 11 is 6.62. The lowest BCUT2D eigenvalue weighted by Crippen LogP contribution is -2.14. The number of anilines is 6. The van der Waals surface area contributed by atoms with Gasteiger partial charge >= 0.3 is 0 Å². The van der Waals surface area contributed by atoms with Crippen molar-refractivity contribution in [3.8, 4) is 0 Å². The number of benzene rings is 4. The van der Waals surface area contributed by atoms with Crippen molar-refractivity contribution in [2.45, 2.75) is 0 Å². The van der Waals surface area contributed by atoms with Crippen molar-refractivity contribution in [2.24, 2.45) is 0 Å².